The number of allylic oxidation sites excluding steroid dienone is 2. The maximum absolute atomic E-state index is 12.6. The number of hydrogen-bond acceptors (Lipinski definition) is 9. The Morgan fingerprint density at radius 2 is 1.00 bits per heavy atom. The summed E-state index contributed by atoms with van der Waals surface area (Å²) in [5.74, 6) is -2.38. The second-order valence-electron chi connectivity index (χ2n) is 13.4. The van der Waals surface area contributed by atoms with E-state index >= 15 is 0 Å². The first kappa shape index (κ1) is 48.2. The van der Waals surface area contributed by atoms with Gasteiger partial charge in [-0.05, 0) is 38.5 Å². The number of phosphoric ester groups is 1. The summed E-state index contributed by atoms with van der Waals surface area (Å²) < 4.78 is 32.6. The molecule has 0 aromatic heterocycles. The fourth-order valence-electron chi connectivity index (χ4n) is 5.35. The van der Waals surface area contributed by atoms with E-state index in [-0.39, 0.29) is 19.4 Å². The van der Waals surface area contributed by atoms with Crippen molar-refractivity contribution in [3.63, 3.8) is 0 Å². The predicted molar refractivity (Wildman–Crippen MR) is 199 cm³/mol. The van der Waals surface area contributed by atoms with Gasteiger partial charge in [0.2, 0.25) is 0 Å². The molecule has 50 heavy (non-hydrogen) atoms. The molecule has 0 aromatic rings. The monoisotopic (exact) mass is 733 g/mol. The highest BCUT2D eigenvalue weighted by Gasteiger charge is 2.28. The smallest absolute Gasteiger partial charge is 0.472 e. The molecule has 0 radical (unpaired) electrons. The van der Waals surface area contributed by atoms with Crippen molar-refractivity contribution in [1.29, 1.82) is 0 Å². The average molecular weight is 734 g/mol. The summed E-state index contributed by atoms with van der Waals surface area (Å²) in [6.45, 7) is 2.77. The quantitative estimate of drug-likeness (QED) is 0.0240. The Kier molecular flexibility index (Phi) is 33.1. The van der Waals surface area contributed by atoms with Gasteiger partial charge in [0.1, 0.15) is 12.6 Å². The lowest BCUT2D eigenvalue weighted by atomic mass is 10.0. The van der Waals surface area contributed by atoms with Crippen LogP contribution < -0.4 is 5.73 Å². The van der Waals surface area contributed by atoms with Gasteiger partial charge in [-0.2, -0.15) is 0 Å². The van der Waals surface area contributed by atoms with Crippen molar-refractivity contribution in [3.05, 3.63) is 12.2 Å². The molecule has 0 aliphatic carbocycles. The molecule has 4 N–H and O–H groups in total. The van der Waals surface area contributed by atoms with Crippen molar-refractivity contribution in [2.24, 2.45) is 5.73 Å². The molecule has 0 saturated carbocycles. The lowest BCUT2D eigenvalue weighted by Crippen LogP contribution is -2.34. The van der Waals surface area contributed by atoms with Crippen molar-refractivity contribution in [2.75, 3.05) is 19.8 Å². The van der Waals surface area contributed by atoms with Gasteiger partial charge in [-0.3, -0.25) is 23.4 Å². The molecule has 0 aliphatic heterocycles. The molecule has 0 heterocycles. The van der Waals surface area contributed by atoms with Crippen LogP contribution in [-0.4, -0.2) is 59.9 Å². The van der Waals surface area contributed by atoms with Crippen molar-refractivity contribution in [3.8, 4) is 0 Å². The van der Waals surface area contributed by atoms with Crippen LogP contribution in [0.2, 0.25) is 0 Å². The van der Waals surface area contributed by atoms with E-state index in [9.17, 15) is 23.8 Å². The van der Waals surface area contributed by atoms with E-state index in [1.54, 1.807) is 0 Å². The molecule has 3 atom stereocenters. The lowest BCUT2D eigenvalue weighted by Gasteiger charge is -2.20. The fourth-order valence-corrected chi connectivity index (χ4v) is 6.13. The van der Waals surface area contributed by atoms with Gasteiger partial charge >= 0.3 is 25.7 Å². The minimum absolute atomic E-state index is 0.164. The largest absolute Gasteiger partial charge is 0.480 e. The molecule has 0 rings (SSSR count). The molecule has 1 unspecified atom stereocenters. The molecule has 0 aliphatic rings. The van der Waals surface area contributed by atoms with Gasteiger partial charge in [-0.15, -0.1) is 0 Å². The second kappa shape index (κ2) is 34.3. The molecule has 0 fully saturated rings. The maximum Gasteiger partial charge on any atom is 0.472 e. The first-order valence-electron chi connectivity index (χ1n) is 19.7. The Bertz CT molecular complexity index is 916. The number of carboxylic acids is 1. The van der Waals surface area contributed by atoms with Crippen LogP contribution in [-0.2, 0) is 37.5 Å². The number of carbonyl (C=O) groups is 3. The summed E-state index contributed by atoms with van der Waals surface area (Å²) in [6.07, 6.45) is 31.3. The predicted octanol–water partition coefficient (Wildman–Crippen LogP) is 9.73. The number of hydrogen-bond donors (Lipinski definition) is 3. The van der Waals surface area contributed by atoms with Crippen LogP contribution in [0.1, 0.15) is 181 Å². The van der Waals surface area contributed by atoms with Crippen LogP contribution in [0.15, 0.2) is 12.2 Å². The van der Waals surface area contributed by atoms with Crippen molar-refractivity contribution in [2.45, 2.75) is 193 Å². The maximum atomic E-state index is 12.6. The Morgan fingerprint density at radius 1 is 0.600 bits per heavy atom. The highest BCUT2D eigenvalue weighted by atomic mass is 31.2. The number of ether oxygens (including phenoxy) is 2. The average Bonchev–Trinajstić information content (AvgIpc) is 3.09. The van der Waals surface area contributed by atoms with E-state index < -0.39 is 51.1 Å². The van der Waals surface area contributed by atoms with Gasteiger partial charge in [0.15, 0.2) is 6.10 Å². The molecule has 294 valence electrons. The first-order chi connectivity index (χ1) is 24.1. The summed E-state index contributed by atoms with van der Waals surface area (Å²) in [5.41, 5.74) is 5.32. The van der Waals surface area contributed by atoms with Crippen LogP contribution in [0.4, 0.5) is 0 Å². The molecule has 12 heteroatoms. The van der Waals surface area contributed by atoms with E-state index in [0.29, 0.717) is 12.8 Å². The summed E-state index contributed by atoms with van der Waals surface area (Å²) in [5, 5.41) is 8.86. The zero-order valence-corrected chi connectivity index (χ0v) is 32.4. The Labute approximate surface area is 303 Å². The molecule has 11 nitrogen and oxygen atoms in total. The van der Waals surface area contributed by atoms with Gasteiger partial charge in [0.25, 0.3) is 0 Å². The van der Waals surface area contributed by atoms with Gasteiger partial charge in [-0.25, -0.2) is 4.57 Å². The second-order valence-corrected chi connectivity index (χ2v) is 14.9. The Morgan fingerprint density at radius 3 is 1.48 bits per heavy atom. The first-order valence-corrected chi connectivity index (χ1v) is 21.2. The van der Waals surface area contributed by atoms with Gasteiger partial charge in [0, 0.05) is 12.8 Å². The Hall–Kier alpha value is -1.78. The third-order valence-electron chi connectivity index (χ3n) is 8.51. The zero-order chi connectivity index (χ0) is 37.1. The summed E-state index contributed by atoms with van der Waals surface area (Å²) >= 11 is 0. The van der Waals surface area contributed by atoms with Crippen molar-refractivity contribution < 1.29 is 47.5 Å². The third-order valence-corrected chi connectivity index (χ3v) is 9.46. The van der Waals surface area contributed by atoms with E-state index in [0.717, 1.165) is 57.8 Å². The van der Waals surface area contributed by atoms with Crippen LogP contribution in [0.25, 0.3) is 0 Å². The Balaban J connectivity index is 4.42. The highest BCUT2D eigenvalue weighted by Crippen LogP contribution is 2.43. The highest BCUT2D eigenvalue weighted by molar-refractivity contribution is 7.47. The molecule has 0 spiro atoms. The van der Waals surface area contributed by atoms with Gasteiger partial charge < -0.3 is 25.2 Å². The zero-order valence-electron chi connectivity index (χ0n) is 31.5. The standard InChI is InChI=1S/C38H72NO10P/c1-3-5-7-9-11-13-15-17-19-21-23-25-27-29-36(40)46-31-34(32-47-50(44,45)48-33-35(39)38(42)43)49-37(41)30-28-26-24-22-20-18-16-14-12-10-8-6-4-2/h13,15,34-35H,3-12,14,16-33,39H2,1-2H3,(H,42,43)(H,44,45)/b15-13-/t34-,35+/m1/s1. The van der Waals surface area contributed by atoms with E-state index in [1.807, 2.05) is 0 Å². The summed E-state index contributed by atoms with van der Waals surface area (Å²) in [4.78, 5) is 45.7. The number of carboxylic acid groups (broad SMARTS) is 1. The number of rotatable bonds is 37. The van der Waals surface area contributed by atoms with E-state index in [4.69, 9.17) is 24.8 Å². The van der Waals surface area contributed by atoms with E-state index in [1.165, 1.54) is 83.5 Å². The van der Waals surface area contributed by atoms with Crippen molar-refractivity contribution >= 4 is 25.7 Å². The molecule has 0 saturated heterocycles. The van der Waals surface area contributed by atoms with Crippen LogP contribution in [0.3, 0.4) is 0 Å². The molecule has 0 bridgehead atoms. The number of phosphoric acid groups is 1. The number of esters is 2. The summed E-state index contributed by atoms with van der Waals surface area (Å²) in [6, 6.07) is -1.52. The molecule has 0 amide bonds. The molecule has 0 aromatic carbocycles. The van der Waals surface area contributed by atoms with Crippen LogP contribution in [0.5, 0.6) is 0 Å². The summed E-state index contributed by atoms with van der Waals surface area (Å²) in [7, 11) is -4.71. The molecular weight excluding hydrogens is 661 g/mol. The topological polar surface area (TPSA) is 172 Å². The van der Waals surface area contributed by atoms with Gasteiger partial charge in [-0.1, -0.05) is 142 Å². The SMILES string of the molecule is CCCCCC/C=C\CCCCCCCC(=O)OC[C@H](COP(=O)(O)OC[C@H](N)C(=O)O)OC(=O)CCCCCCCCCCCCCCC. The normalized spacial score (nSPS) is 14.0. The number of carbonyl (C=O) groups excluding carboxylic acids is 2. The van der Waals surface area contributed by atoms with Crippen LogP contribution in [0, 0.1) is 0 Å². The van der Waals surface area contributed by atoms with Gasteiger partial charge in [0.05, 0.1) is 13.2 Å². The minimum atomic E-state index is -4.71. The number of nitrogens with two attached hydrogens (primary N) is 1. The van der Waals surface area contributed by atoms with E-state index in [2.05, 4.69) is 30.5 Å². The molecular formula is C38H72NO10P. The number of unbranched alkanes of at least 4 members (excludes halogenated alkanes) is 21. The van der Waals surface area contributed by atoms with Crippen molar-refractivity contribution in [1.82, 2.24) is 0 Å². The third kappa shape index (κ3) is 33.4. The number of aliphatic carboxylic acids is 1. The van der Waals surface area contributed by atoms with Crippen LogP contribution >= 0.6 is 7.82 Å². The minimum Gasteiger partial charge on any atom is -0.480 e. The fraction of sp³-hybridized carbons (Fsp3) is 0.868. The lowest BCUT2D eigenvalue weighted by molar-refractivity contribution is -0.161.